The van der Waals surface area contributed by atoms with Gasteiger partial charge in [-0.05, 0) is 19.1 Å². The van der Waals surface area contributed by atoms with Crippen LogP contribution >= 0.6 is 0 Å². The van der Waals surface area contributed by atoms with Crippen LogP contribution in [-0.2, 0) is 4.74 Å². The first-order chi connectivity index (χ1) is 7.22. The van der Waals surface area contributed by atoms with E-state index >= 15 is 0 Å². The number of epoxide rings is 1. The van der Waals surface area contributed by atoms with E-state index < -0.39 is 0 Å². The Labute approximate surface area is 87.0 Å². The summed E-state index contributed by atoms with van der Waals surface area (Å²) in [6, 6.07) is 4.72. The molecule has 0 radical (unpaired) electrons. The van der Waals surface area contributed by atoms with Crippen LogP contribution in [0.15, 0.2) is 12.1 Å². The van der Waals surface area contributed by atoms with E-state index in [9.17, 15) is 4.39 Å². The molecule has 1 aromatic rings. The number of rotatable bonds is 3. The summed E-state index contributed by atoms with van der Waals surface area (Å²) < 4.78 is 23.5. The topological polar surface area (TPSA) is 45.5 Å². The Kier molecular flexibility index (Phi) is 2.57. The molecule has 4 heteroatoms. The molecular weight excluding hydrogens is 197 g/mol. The molecule has 78 valence electrons. The van der Waals surface area contributed by atoms with E-state index in [2.05, 4.69) is 0 Å². The number of nitriles is 1. The maximum Gasteiger partial charge on any atom is 0.137 e. The summed E-state index contributed by atoms with van der Waals surface area (Å²) in [5.41, 5.74) is 0.586. The standard InChI is InChI=1S/C11H10FNO2/c1-7-9(4-13)11(3-2-10(7)12)15-6-8-5-14-8/h2-3,8H,5-6H2,1H3/t8-/m0/s1. The predicted molar refractivity (Wildman–Crippen MR) is 51.1 cm³/mol. The quantitative estimate of drug-likeness (QED) is 0.710. The molecule has 1 aliphatic heterocycles. The normalized spacial score (nSPS) is 18.3. The van der Waals surface area contributed by atoms with Crippen molar-refractivity contribution in [3.63, 3.8) is 0 Å². The van der Waals surface area contributed by atoms with Crippen molar-refractivity contribution in [1.29, 1.82) is 5.26 Å². The van der Waals surface area contributed by atoms with Crippen molar-refractivity contribution in [2.45, 2.75) is 13.0 Å². The molecule has 1 atom stereocenters. The molecule has 0 amide bonds. The lowest BCUT2D eigenvalue weighted by Gasteiger charge is -2.08. The number of benzene rings is 1. The minimum atomic E-state index is -0.387. The molecule has 1 heterocycles. The first-order valence-corrected chi connectivity index (χ1v) is 4.66. The number of nitrogens with zero attached hydrogens (tertiary/aromatic N) is 1. The smallest absolute Gasteiger partial charge is 0.137 e. The number of hydrogen-bond donors (Lipinski definition) is 0. The Morgan fingerprint density at radius 1 is 1.67 bits per heavy atom. The molecule has 1 aromatic carbocycles. The zero-order chi connectivity index (χ0) is 10.8. The fourth-order valence-corrected chi connectivity index (χ4v) is 1.27. The van der Waals surface area contributed by atoms with Crippen molar-refractivity contribution in [1.82, 2.24) is 0 Å². The molecule has 0 bridgehead atoms. The second-order valence-corrected chi connectivity index (χ2v) is 3.42. The van der Waals surface area contributed by atoms with Crippen LogP contribution in [0.1, 0.15) is 11.1 Å². The van der Waals surface area contributed by atoms with Crippen molar-refractivity contribution < 1.29 is 13.9 Å². The zero-order valence-corrected chi connectivity index (χ0v) is 8.29. The van der Waals surface area contributed by atoms with Crippen molar-refractivity contribution in [2.24, 2.45) is 0 Å². The monoisotopic (exact) mass is 207 g/mol. The average Bonchev–Trinajstić information content (AvgIpc) is 3.03. The molecule has 0 aliphatic carbocycles. The van der Waals surface area contributed by atoms with Crippen molar-refractivity contribution in [3.05, 3.63) is 29.1 Å². The van der Waals surface area contributed by atoms with Gasteiger partial charge in [0.15, 0.2) is 0 Å². The van der Waals surface area contributed by atoms with E-state index in [1.165, 1.54) is 12.1 Å². The van der Waals surface area contributed by atoms with Gasteiger partial charge in [-0.3, -0.25) is 0 Å². The van der Waals surface area contributed by atoms with Crippen LogP contribution in [0.25, 0.3) is 0 Å². The zero-order valence-electron chi connectivity index (χ0n) is 8.29. The highest BCUT2D eigenvalue weighted by molar-refractivity contribution is 5.48. The van der Waals surface area contributed by atoms with Crippen molar-refractivity contribution >= 4 is 0 Å². The van der Waals surface area contributed by atoms with Gasteiger partial charge >= 0.3 is 0 Å². The second kappa shape index (κ2) is 3.87. The first-order valence-electron chi connectivity index (χ1n) is 4.66. The van der Waals surface area contributed by atoms with Crippen LogP contribution < -0.4 is 4.74 Å². The van der Waals surface area contributed by atoms with Crippen LogP contribution in [0.5, 0.6) is 5.75 Å². The van der Waals surface area contributed by atoms with Crippen LogP contribution in [0.3, 0.4) is 0 Å². The van der Waals surface area contributed by atoms with Gasteiger partial charge < -0.3 is 9.47 Å². The van der Waals surface area contributed by atoms with Gasteiger partial charge in [0.2, 0.25) is 0 Å². The summed E-state index contributed by atoms with van der Waals surface area (Å²) >= 11 is 0. The highest BCUT2D eigenvalue weighted by Crippen LogP contribution is 2.24. The Bertz CT molecular complexity index is 421. The predicted octanol–water partition coefficient (Wildman–Crippen LogP) is 1.78. The molecule has 1 aliphatic rings. The Hall–Kier alpha value is -1.60. The number of halogens is 1. The maximum absolute atomic E-state index is 13.1. The minimum absolute atomic E-state index is 0.127. The third-order valence-electron chi connectivity index (χ3n) is 2.30. The van der Waals surface area contributed by atoms with Gasteiger partial charge in [0.05, 0.1) is 12.2 Å². The molecule has 15 heavy (non-hydrogen) atoms. The van der Waals surface area contributed by atoms with Crippen LogP contribution in [0, 0.1) is 24.1 Å². The summed E-state index contributed by atoms with van der Waals surface area (Å²) in [6.45, 7) is 2.68. The van der Waals surface area contributed by atoms with Gasteiger partial charge in [0.25, 0.3) is 0 Å². The molecule has 3 nitrogen and oxygen atoms in total. The Morgan fingerprint density at radius 2 is 2.40 bits per heavy atom. The molecule has 0 N–H and O–H groups in total. The molecule has 0 aromatic heterocycles. The van der Waals surface area contributed by atoms with E-state index in [1.54, 1.807) is 6.92 Å². The lowest BCUT2D eigenvalue weighted by molar-refractivity contribution is 0.262. The highest BCUT2D eigenvalue weighted by Gasteiger charge is 2.23. The first kappa shape index (κ1) is 9.94. The third-order valence-corrected chi connectivity index (χ3v) is 2.30. The second-order valence-electron chi connectivity index (χ2n) is 3.42. The average molecular weight is 207 g/mol. The third kappa shape index (κ3) is 2.08. The largest absolute Gasteiger partial charge is 0.489 e. The van der Waals surface area contributed by atoms with Crippen LogP contribution in [0.4, 0.5) is 4.39 Å². The summed E-state index contributed by atoms with van der Waals surface area (Å²) in [5, 5.41) is 8.88. The number of hydrogen-bond acceptors (Lipinski definition) is 3. The molecule has 1 fully saturated rings. The molecule has 0 saturated carbocycles. The fraction of sp³-hybridized carbons (Fsp3) is 0.364. The van der Waals surface area contributed by atoms with E-state index in [1.807, 2.05) is 6.07 Å². The van der Waals surface area contributed by atoms with Crippen molar-refractivity contribution in [3.8, 4) is 11.8 Å². The van der Waals surface area contributed by atoms with Crippen molar-refractivity contribution in [2.75, 3.05) is 13.2 Å². The molecule has 2 rings (SSSR count). The fourth-order valence-electron chi connectivity index (χ4n) is 1.27. The number of ether oxygens (including phenoxy) is 2. The maximum atomic E-state index is 13.1. The molecule has 0 unspecified atom stereocenters. The van der Waals surface area contributed by atoms with Gasteiger partial charge in [-0.25, -0.2) is 4.39 Å². The van der Waals surface area contributed by atoms with E-state index in [4.69, 9.17) is 14.7 Å². The van der Waals surface area contributed by atoms with Gasteiger partial charge in [-0.2, -0.15) is 5.26 Å². The Morgan fingerprint density at radius 3 is 3.00 bits per heavy atom. The lowest BCUT2D eigenvalue weighted by Crippen LogP contribution is -2.06. The molecule has 0 spiro atoms. The van der Waals surface area contributed by atoms with Gasteiger partial charge in [-0.1, -0.05) is 0 Å². The summed E-state index contributed by atoms with van der Waals surface area (Å²) in [4.78, 5) is 0. The molecule has 1 saturated heterocycles. The SMILES string of the molecule is Cc1c(F)ccc(OC[C@@H]2CO2)c1C#N. The molecular formula is C11H10FNO2. The van der Waals surface area contributed by atoms with Gasteiger partial charge in [0, 0.05) is 5.56 Å². The Balaban J connectivity index is 2.21. The van der Waals surface area contributed by atoms with E-state index in [-0.39, 0.29) is 17.5 Å². The van der Waals surface area contributed by atoms with Crippen LogP contribution in [0.2, 0.25) is 0 Å². The lowest BCUT2D eigenvalue weighted by atomic mass is 10.1. The summed E-state index contributed by atoms with van der Waals surface area (Å²) in [5.74, 6) is 0.0356. The minimum Gasteiger partial charge on any atom is -0.489 e. The van der Waals surface area contributed by atoms with E-state index in [0.717, 1.165) is 0 Å². The summed E-state index contributed by atoms with van der Waals surface area (Å²) in [7, 11) is 0. The van der Waals surface area contributed by atoms with Gasteiger partial charge in [0.1, 0.15) is 30.3 Å². The van der Waals surface area contributed by atoms with Gasteiger partial charge in [-0.15, -0.1) is 0 Å². The summed E-state index contributed by atoms with van der Waals surface area (Å²) in [6.07, 6.45) is 0.127. The highest BCUT2D eigenvalue weighted by atomic mass is 19.1. The van der Waals surface area contributed by atoms with E-state index in [0.29, 0.717) is 24.5 Å². The van der Waals surface area contributed by atoms with Crippen LogP contribution in [-0.4, -0.2) is 19.3 Å².